The number of hydrogen-bond donors (Lipinski definition) is 1. The summed E-state index contributed by atoms with van der Waals surface area (Å²) in [4.78, 5) is 30.9. The van der Waals surface area contributed by atoms with Gasteiger partial charge in [0.05, 0.1) is 18.0 Å². The lowest BCUT2D eigenvalue weighted by Crippen LogP contribution is -2.11. The number of nitrogens with one attached hydrogen (secondary N) is 1. The fourth-order valence-electron chi connectivity index (χ4n) is 3.66. The molecule has 7 nitrogen and oxygen atoms in total. The third-order valence-corrected chi connectivity index (χ3v) is 6.23. The van der Waals surface area contributed by atoms with Gasteiger partial charge in [-0.1, -0.05) is 42.0 Å². The molecule has 0 amide bonds. The van der Waals surface area contributed by atoms with Gasteiger partial charge in [0, 0.05) is 34.6 Å². The number of pyridine rings is 1. The average molecular weight is 494 g/mol. The van der Waals surface area contributed by atoms with Crippen LogP contribution in [0.4, 0.5) is 11.5 Å². The SMILES string of the molecule is CCOC(=O)c1cnc(-c2cccc(C)c2)nc1Nc1cccc(-c2csc(-c3ccccn3)n2)c1. The maximum Gasteiger partial charge on any atom is 0.343 e. The van der Waals surface area contributed by atoms with E-state index in [9.17, 15) is 4.79 Å². The van der Waals surface area contributed by atoms with Crippen LogP contribution in [0, 0.1) is 6.92 Å². The second-order valence-corrected chi connectivity index (χ2v) is 8.86. The average Bonchev–Trinajstić information content (AvgIpc) is 3.40. The standard InChI is InChI=1S/C28H23N5O2S/c1-3-35-28(34)22-16-30-25(20-10-6-8-18(2)14-20)33-26(22)31-21-11-7-9-19(15-21)24-17-36-27(32-24)23-12-4-5-13-29-23/h4-17H,3H2,1-2H3,(H,30,31,33). The number of esters is 1. The molecule has 5 aromatic rings. The zero-order valence-electron chi connectivity index (χ0n) is 19.8. The number of thiazole rings is 1. The molecule has 0 radical (unpaired) electrons. The van der Waals surface area contributed by atoms with Crippen molar-refractivity contribution in [3.8, 4) is 33.3 Å². The van der Waals surface area contributed by atoms with Crippen molar-refractivity contribution in [3.05, 3.63) is 95.6 Å². The fourth-order valence-corrected chi connectivity index (χ4v) is 4.47. The largest absolute Gasteiger partial charge is 0.462 e. The van der Waals surface area contributed by atoms with E-state index < -0.39 is 5.97 Å². The minimum atomic E-state index is -0.480. The second-order valence-electron chi connectivity index (χ2n) is 8.00. The summed E-state index contributed by atoms with van der Waals surface area (Å²) in [5, 5.41) is 6.16. The van der Waals surface area contributed by atoms with Crippen LogP contribution in [0.3, 0.4) is 0 Å². The number of ether oxygens (including phenoxy) is 1. The predicted octanol–water partition coefficient (Wildman–Crippen LogP) is 6.56. The Hall–Kier alpha value is -4.43. The zero-order chi connectivity index (χ0) is 24.9. The van der Waals surface area contributed by atoms with E-state index in [2.05, 4.69) is 20.3 Å². The molecule has 0 spiro atoms. The van der Waals surface area contributed by atoms with Crippen LogP contribution in [-0.4, -0.2) is 32.5 Å². The lowest BCUT2D eigenvalue weighted by molar-refractivity contribution is 0.0526. The molecular weight excluding hydrogens is 470 g/mol. The van der Waals surface area contributed by atoms with Gasteiger partial charge >= 0.3 is 5.97 Å². The molecule has 0 saturated carbocycles. The molecule has 178 valence electrons. The van der Waals surface area contributed by atoms with Crippen LogP contribution in [0.5, 0.6) is 0 Å². The van der Waals surface area contributed by atoms with E-state index in [1.54, 1.807) is 24.5 Å². The molecule has 0 fully saturated rings. The van der Waals surface area contributed by atoms with E-state index in [1.165, 1.54) is 6.20 Å². The van der Waals surface area contributed by atoms with Crippen molar-refractivity contribution >= 4 is 28.8 Å². The highest BCUT2D eigenvalue weighted by Gasteiger charge is 2.17. The van der Waals surface area contributed by atoms with Gasteiger partial charge in [-0.25, -0.2) is 19.7 Å². The van der Waals surface area contributed by atoms with Crippen LogP contribution in [0.1, 0.15) is 22.8 Å². The van der Waals surface area contributed by atoms with Crippen molar-refractivity contribution in [1.29, 1.82) is 0 Å². The van der Waals surface area contributed by atoms with Gasteiger partial charge in [-0.2, -0.15) is 0 Å². The highest BCUT2D eigenvalue weighted by atomic mass is 32.1. The van der Waals surface area contributed by atoms with Gasteiger partial charge in [0.15, 0.2) is 5.82 Å². The number of aromatic nitrogens is 4. The van der Waals surface area contributed by atoms with Gasteiger partial charge in [0.25, 0.3) is 0 Å². The Kier molecular flexibility index (Phi) is 6.77. The maximum absolute atomic E-state index is 12.6. The quantitative estimate of drug-likeness (QED) is 0.257. The van der Waals surface area contributed by atoms with Crippen LogP contribution in [-0.2, 0) is 4.74 Å². The van der Waals surface area contributed by atoms with Crippen LogP contribution < -0.4 is 5.32 Å². The van der Waals surface area contributed by atoms with Crippen molar-refractivity contribution < 1.29 is 9.53 Å². The molecule has 0 bridgehead atoms. The third kappa shape index (κ3) is 5.13. The van der Waals surface area contributed by atoms with Crippen LogP contribution >= 0.6 is 11.3 Å². The van der Waals surface area contributed by atoms with Crippen molar-refractivity contribution in [1.82, 2.24) is 19.9 Å². The number of aryl methyl sites for hydroxylation is 1. The first-order chi connectivity index (χ1) is 17.6. The van der Waals surface area contributed by atoms with Crippen molar-refractivity contribution in [2.24, 2.45) is 0 Å². The minimum absolute atomic E-state index is 0.260. The summed E-state index contributed by atoms with van der Waals surface area (Å²) in [7, 11) is 0. The summed E-state index contributed by atoms with van der Waals surface area (Å²) in [5.74, 6) is 0.418. The van der Waals surface area contributed by atoms with E-state index >= 15 is 0 Å². The van der Waals surface area contributed by atoms with Gasteiger partial charge in [-0.15, -0.1) is 11.3 Å². The lowest BCUT2D eigenvalue weighted by atomic mass is 10.1. The Bertz CT molecular complexity index is 1520. The highest BCUT2D eigenvalue weighted by molar-refractivity contribution is 7.13. The molecule has 0 atom stereocenters. The monoisotopic (exact) mass is 493 g/mol. The summed E-state index contributed by atoms with van der Waals surface area (Å²) in [6, 6.07) is 21.5. The Balaban J connectivity index is 1.48. The molecule has 3 aromatic heterocycles. The molecule has 3 heterocycles. The first kappa shape index (κ1) is 23.3. The molecule has 0 aliphatic rings. The Morgan fingerprint density at radius 2 is 1.81 bits per heavy atom. The number of rotatable bonds is 7. The molecule has 0 aliphatic heterocycles. The van der Waals surface area contributed by atoms with Gasteiger partial charge in [0.2, 0.25) is 0 Å². The topological polar surface area (TPSA) is 89.9 Å². The Morgan fingerprint density at radius 3 is 2.61 bits per heavy atom. The van der Waals surface area contributed by atoms with Crippen molar-refractivity contribution in [2.45, 2.75) is 13.8 Å². The van der Waals surface area contributed by atoms with E-state index in [0.29, 0.717) is 11.6 Å². The van der Waals surface area contributed by atoms with E-state index in [1.807, 2.05) is 79.0 Å². The lowest BCUT2D eigenvalue weighted by Gasteiger charge is -2.13. The molecule has 0 saturated heterocycles. The Morgan fingerprint density at radius 1 is 0.944 bits per heavy atom. The summed E-state index contributed by atoms with van der Waals surface area (Å²) in [6.45, 7) is 4.04. The summed E-state index contributed by atoms with van der Waals surface area (Å²) in [6.07, 6.45) is 3.27. The number of benzene rings is 2. The maximum atomic E-state index is 12.6. The van der Waals surface area contributed by atoms with E-state index in [0.717, 1.165) is 38.8 Å². The van der Waals surface area contributed by atoms with Gasteiger partial charge in [-0.3, -0.25) is 4.98 Å². The summed E-state index contributed by atoms with van der Waals surface area (Å²) < 4.78 is 5.24. The normalized spacial score (nSPS) is 10.7. The van der Waals surface area contributed by atoms with Crippen molar-refractivity contribution in [2.75, 3.05) is 11.9 Å². The molecule has 5 rings (SSSR count). The van der Waals surface area contributed by atoms with Crippen LogP contribution in [0.15, 0.2) is 84.5 Å². The van der Waals surface area contributed by atoms with Crippen molar-refractivity contribution in [3.63, 3.8) is 0 Å². The Labute approximate surface area is 212 Å². The van der Waals surface area contributed by atoms with Crippen LogP contribution in [0.2, 0.25) is 0 Å². The van der Waals surface area contributed by atoms with Crippen LogP contribution in [0.25, 0.3) is 33.3 Å². The van der Waals surface area contributed by atoms with Gasteiger partial charge < -0.3 is 10.1 Å². The summed E-state index contributed by atoms with van der Waals surface area (Å²) >= 11 is 1.54. The fraction of sp³-hybridized carbons (Fsp3) is 0.107. The predicted molar refractivity (Wildman–Crippen MR) is 142 cm³/mol. The molecule has 36 heavy (non-hydrogen) atoms. The number of anilines is 2. The van der Waals surface area contributed by atoms with E-state index in [4.69, 9.17) is 9.72 Å². The molecule has 1 N–H and O–H groups in total. The number of carbonyl (C=O) groups is 1. The number of hydrogen-bond acceptors (Lipinski definition) is 8. The highest BCUT2D eigenvalue weighted by Crippen LogP contribution is 2.30. The first-order valence-corrected chi connectivity index (χ1v) is 12.3. The molecule has 2 aromatic carbocycles. The van der Waals surface area contributed by atoms with Gasteiger partial charge in [0.1, 0.15) is 16.4 Å². The second kappa shape index (κ2) is 10.5. The zero-order valence-corrected chi connectivity index (χ0v) is 20.6. The molecule has 8 heteroatoms. The third-order valence-electron chi connectivity index (χ3n) is 5.37. The van der Waals surface area contributed by atoms with E-state index in [-0.39, 0.29) is 12.2 Å². The van der Waals surface area contributed by atoms with Gasteiger partial charge in [-0.05, 0) is 44.2 Å². The molecular formula is C28H23N5O2S. The molecule has 0 aliphatic carbocycles. The smallest absolute Gasteiger partial charge is 0.343 e. The first-order valence-electron chi connectivity index (χ1n) is 11.5. The molecule has 0 unspecified atom stereocenters. The minimum Gasteiger partial charge on any atom is -0.462 e. The number of carbonyl (C=O) groups excluding carboxylic acids is 1. The summed E-state index contributed by atoms with van der Waals surface area (Å²) in [5.41, 5.74) is 5.62. The number of nitrogens with zero attached hydrogens (tertiary/aromatic N) is 4.